The predicted octanol–water partition coefficient (Wildman–Crippen LogP) is 5.27. The van der Waals surface area contributed by atoms with Crippen LogP contribution in [0.25, 0.3) is 0 Å². The summed E-state index contributed by atoms with van der Waals surface area (Å²) < 4.78 is 10.8. The van der Waals surface area contributed by atoms with Gasteiger partial charge in [0.2, 0.25) is 0 Å². The lowest BCUT2D eigenvalue weighted by atomic mass is 9.77. The van der Waals surface area contributed by atoms with E-state index in [4.69, 9.17) is 14.6 Å². The SMILES string of the molecule is CCCC(O)(CCC(C)(C)CCOCC(=O)O)c1cccc(OC=C(C)C)c1. The second-order valence-electron chi connectivity index (χ2n) is 8.48. The fraction of sp³-hybridized carbons (Fsp3) is 0.609. The number of carboxylic acid groups (broad SMARTS) is 1. The Balaban J connectivity index is 2.80. The summed E-state index contributed by atoms with van der Waals surface area (Å²) in [6.07, 6.45) is 5.42. The first-order valence-corrected chi connectivity index (χ1v) is 10.0. The Kier molecular flexibility index (Phi) is 9.70. The average Bonchev–Trinajstić information content (AvgIpc) is 2.62. The van der Waals surface area contributed by atoms with Crippen LogP contribution in [0, 0.1) is 5.41 Å². The molecule has 1 aromatic carbocycles. The minimum Gasteiger partial charge on any atom is -0.480 e. The van der Waals surface area contributed by atoms with Crippen molar-refractivity contribution >= 4 is 5.97 Å². The molecule has 0 amide bonds. The third kappa shape index (κ3) is 8.89. The number of allylic oxidation sites excluding steroid dienone is 1. The number of aliphatic carboxylic acids is 1. The zero-order chi connectivity index (χ0) is 21.2. The van der Waals surface area contributed by atoms with Gasteiger partial charge >= 0.3 is 5.97 Å². The van der Waals surface area contributed by atoms with E-state index in [1.165, 1.54) is 0 Å². The Hall–Kier alpha value is -1.85. The van der Waals surface area contributed by atoms with Gasteiger partial charge in [0, 0.05) is 6.61 Å². The zero-order valence-corrected chi connectivity index (χ0v) is 18.0. The minimum atomic E-state index is -0.953. The Bertz CT molecular complexity index is 646. The van der Waals surface area contributed by atoms with Crippen molar-refractivity contribution < 1.29 is 24.5 Å². The molecule has 5 heteroatoms. The smallest absolute Gasteiger partial charge is 0.329 e. The lowest BCUT2D eigenvalue weighted by molar-refractivity contribution is -0.142. The topological polar surface area (TPSA) is 76.0 Å². The normalized spacial score (nSPS) is 13.6. The van der Waals surface area contributed by atoms with E-state index >= 15 is 0 Å². The number of carboxylic acids is 1. The van der Waals surface area contributed by atoms with Crippen molar-refractivity contribution in [2.45, 2.75) is 72.3 Å². The molecule has 0 spiro atoms. The van der Waals surface area contributed by atoms with E-state index in [1.807, 2.05) is 38.1 Å². The Morgan fingerprint density at radius 3 is 2.46 bits per heavy atom. The monoisotopic (exact) mass is 392 g/mol. The van der Waals surface area contributed by atoms with Crippen molar-refractivity contribution in [1.29, 1.82) is 0 Å². The molecular weight excluding hydrogens is 356 g/mol. The maximum absolute atomic E-state index is 11.4. The van der Waals surface area contributed by atoms with Crippen LogP contribution in [0.2, 0.25) is 0 Å². The van der Waals surface area contributed by atoms with Gasteiger partial charge in [-0.2, -0.15) is 0 Å². The molecule has 0 bridgehead atoms. The first-order valence-electron chi connectivity index (χ1n) is 10.0. The van der Waals surface area contributed by atoms with Gasteiger partial charge < -0.3 is 19.7 Å². The van der Waals surface area contributed by atoms with Crippen LogP contribution >= 0.6 is 0 Å². The number of hydrogen-bond acceptors (Lipinski definition) is 4. The van der Waals surface area contributed by atoms with Crippen molar-refractivity contribution in [2.24, 2.45) is 5.41 Å². The van der Waals surface area contributed by atoms with Gasteiger partial charge in [0.1, 0.15) is 12.4 Å². The summed E-state index contributed by atoms with van der Waals surface area (Å²) in [6, 6.07) is 7.67. The molecule has 0 saturated carbocycles. The molecule has 0 aromatic heterocycles. The number of ether oxygens (including phenoxy) is 2. The first-order chi connectivity index (χ1) is 13.1. The molecule has 28 heavy (non-hydrogen) atoms. The molecular formula is C23H36O5. The maximum Gasteiger partial charge on any atom is 0.329 e. The second-order valence-corrected chi connectivity index (χ2v) is 8.48. The van der Waals surface area contributed by atoms with E-state index in [1.54, 1.807) is 6.26 Å². The van der Waals surface area contributed by atoms with Crippen molar-refractivity contribution in [1.82, 2.24) is 0 Å². The molecule has 0 radical (unpaired) electrons. The summed E-state index contributed by atoms with van der Waals surface area (Å²) in [6.45, 7) is 10.4. The van der Waals surface area contributed by atoms with Crippen LogP contribution in [-0.4, -0.2) is 29.4 Å². The highest BCUT2D eigenvalue weighted by molar-refractivity contribution is 5.67. The van der Waals surface area contributed by atoms with Crippen molar-refractivity contribution in [3.63, 3.8) is 0 Å². The molecule has 0 aliphatic rings. The number of hydrogen-bond donors (Lipinski definition) is 2. The Labute approximate surface area is 169 Å². The summed E-state index contributed by atoms with van der Waals surface area (Å²) >= 11 is 0. The van der Waals surface area contributed by atoms with Crippen LogP contribution in [0.4, 0.5) is 0 Å². The van der Waals surface area contributed by atoms with Crippen LogP contribution < -0.4 is 4.74 Å². The van der Waals surface area contributed by atoms with E-state index in [2.05, 4.69) is 20.8 Å². The van der Waals surface area contributed by atoms with E-state index in [9.17, 15) is 9.90 Å². The highest BCUT2D eigenvalue weighted by atomic mass is 16.5. The van der Waals surface area contributed by atoms with Gasteiger partial charge in [-0.1, -0.05) is 39.3 Å². The van der Waals surface area contributed by atoms with Gasteiger partial charge in [-0.05, 0) is 68.2 Å². The molecule has 0 aliphatic heterocycles. The van der Waals surface area contributed by atoms with Gasteiger partial charge in [-0.25, -0.2) is 4.79 Å². The van der Waals surface area contributed by atoms with Gasteiger partial charge in [-0.15, -0.1) is 0 Å². The summed E-state index contributed by atoms with van der Waals surface area (Å²) in [7, 11) is 0. The summed E-state index contributed by atoms with van der Waals surface area (Å²) in [5.74, 6) is -0.236. The molecule has 1 aromatic rings. The van der Waals surface area contributed by atoms with Gasteiger partial charge in [0.05, 0.1) is 11.9 Å². The fourth-order valence-electron chi connectivity index (χ4n) is 3.05. The van der Waals surface area contributed by atoms with Crippen molar-refractivity contribution in [2.75, 3.05) is 13.2 Å². The van der Waals surface area contributed by atoms with Crippen molar-refractivity contribution in [3.8, 4) is 5.75 Å². The van der Waals surface area contributed by atoms with E-state index in [0.29, 0.717) is 19.4 Å². The molecule has 2 N–H and O–H groups in total. The van der Waals surface area contributed by atoms with Gasteiger partial charge in [0.25, 0.3) is 0 Å². The molecule has 158 valence electrons. The molecule has 0 fully saturated rings. The largest absolute Gasteiger partial charge is 0.480 e. The van der Waals surface area contributed by atoms with E-state index in [-0.39, 0.29) is 12.0 Å². The molecule has 0 heterocycles. The fourth-order valence-corrected chi connectivity index (χ4v) is 3.05. The molecule has 0 aliphatic carbocycles. The molecule has 1 atom stereocenters. The van der Waals surface area contributed by atoms with Crippen LogP contribution in [0.1, 0.15) is 72.3 Å². The molecule has 0 saturated heterocycles. The summed E-state index contributed by atoms with van der Waals surface area (Å²) in [4.78, 5) is 10.5. The number of carbonyl (C=O) groups is 1. The zero-order valence-electron chi connectivity index (χ0n) is 18.0. The first kappa shape index (κ1) is 24.2. The summed E-state index contributed by atoms with van der Waals surface area (Å²) in [5, 5.41) is 20.1. The third-order valence-electron chi connectivity index (χ3n) is 4.83. The van der Waals surface area contributed by atoms with E-state index < -0.39 is 11.6 Å². The van der Waals surface area contributed by atoms with E-state index in [0.717, 1.165) is 36.1 Å². The Morgan fingerprint density at radius 2 is 1.86 bits per heavy atom. The number of rotatable bonds is 13. The van der Waals surface area contributed by atoms with Gasteiger partial charge in [-0.3, -0.25) is 0 Å². The highest BCUT2D eigenvalue weighted by Gasteiger charge is 2.31. The molecule has 5 nitrogen and oxygen atoms in total. The average molecular weight is 393 g/mol. The lowest BCUT2D eigenvalue weighted by Gasteiger charge is -2.33. The third-order valence-corrected chi connectivity index (χ3v) is 4.83. The van der Waals surface area contributed by atoms with Crippen LogP contribution in [0.5, 0.6) is 5.75 Å². The predicted molar refractivity (Wildman–Crippen MR) is 111 cm³/mol. The number of benzene rings is 1. The second kappa shape index (κ2) is 11.2. The van der Waals surface area contributed by atoms with Crippen LogP contribution in [0.3, 0.4) is 0 Å². The summed E-state index contributed by atoms with van der Waals surface area (Å²) in [5.41, 5.74) is 0.960. The van der Waals surface area contributed by atoms with Crippen molar-refractivity contribution in [3.05, 3.63) is 41.7 Å². The minimum absolute atomic E-state index is 0.0591. The highest BCUT2D eigenvalue weighted by Crippen LogP contribution is 2.38. The maximum atomic E-state index is 11.4. The quantitative estimate of drug-likeness (QED) is 0.353. The van der Waals surface area contributed by atoms with Crippen LogP contribution in [0.15, 0.2) is 36.1 Å². The number of aliphatic hydroxyl groups is 1. The van der Waals surface area contributed by atoms with Gasteiger partial charge in [0.15, 0.2) is 0 Å². The molecule has 1 unspecified atom stereocenters. The Morgan fingerprint density at radius 1 is 1.14 bits per heavy atom. The lowest BCUT2D eigenvalue weighted by Crippen LogP contribution is -2.28. The van der Waals surface area contributed by atoms with Crippen LogP contribution in [-0.2, 0) is 15.1 Å². The molecule has 1 rings (SSSR count). The standard InChI is InChI=1S/C23H36O5/c1-6-10-23(26,12-11-22(4,5)13-14-27-17-21(24)25)19-8-7-9-20(15-19)28-16-18(2)3/h7-9,15-16,26H,6,10-14,17H2,1-5H3,(H,24,25).